The van der Waals surface area contributed by atoms with E-state index in [1.54, 1.807) is 4.90 Å². The fraction of sp³-hybridized carbons (Fsp3) is 0.882. The fourth-order valence-electron chi connectivity index (χ4n) is 4.70. The molecule has 0 aromatic carbocycles. The summed E-state index contributed by atoms with van der Waals surface area (Å²) in [7, 11) is 0. The molecule has 0 aromatic heterocycles. The molecule has 5 heteroatoms. The molecule has 1 aliphatic heterocycles. The summed E-state index contributed by atoms with van der Waals surface area (Å²) in [5.41, 5.74) is 5.29. The lowest BCUT2D eigenvalue weighted by atomic mass is 9.67. The van der Waals surface area contributed by atoms with E-state index in [1.807, 2.05) is 0 Å². The second kappa shape index (κ2) is 6.88. The summed E-state index contributed by atoms with van der Waals surface area (Å²) in [6.45, 7) is 2.10. The Morgan fingerprint density at radius 3 is 2.55 bits per heavy atom. The van der Waals surface area contributed by atoms with E-state index in [0.717, 1.165) is 37.6 Å². The first-order chi connectivity index (χ1) is 10.6. The summed E-state index contributed by atoms with van der Waals surface area (Å²) in [4.78, 5) is 25.2. The minimum atomic E-state index is -0.343. The van der Waals surface area contributed by atoms with Gasteiger partial charge in [-0.1, -0.05) is 25.7 Å². The molecule has 1 heterocycles. The fourth-order valence-corrected chi connectivity index (χ4v) is 4.70. The summed E-state index contributed by atoms with van der Waals surface area (Å²) in [6.07, 6.45) is 9.77. The third-order valence-corrected chi connectivity index (χ3v) is 6.07. The summed E-state index contributed by atoms with van der Waals surface area (Å²) in [5, 5.41) is 3.13. The highest BCUT2D eigenvalue weighted by molar-refractivity contribution is 5.78. The van der Waals surface area contributed by atoms with Gasteiger partial charge in [0.05, 0.1) is 0 Å². The zero-order valence-electron chi connectivity index (χ0n) is 13.4. The van der Waals surface area contributed by atoms with Crippen molar-refractivity contribution >= 4 is 11.9 Å². The Labute approximate surface area is 133 Å². The van der Waals surface area contributed by atoms with Gasteiger partial charge in [0.2, 0.25) is 5.91 Å². The topological polar surface area (TPSA) is 75.4 Å². The maximum absolute atomic E-state index is 12.4. The van der Waals surface area contributed by atoms with E-state index in [4.69, 9.17) is 5.73 Å². The van der Waals surface area contributed by atoms with Crippen molar-refractivity contribution in [3.8, 4) is 0 Å². The molecular weight excluding hydrogens is 278 g/mol. The van der Waals surface area contributed by atoms with Crippen LogP contribution in [0.3, 0.4) is 0 Å². The van der Waals surface area contributed by atoms with Crippen molar-refractivity contribution in [2.75, 3.05) is 19.6 Å². The van der Waals surface area contributed by atoms with Crippen LogP contribution in [-0.4, -0.2) is 36.5 Å². The van der Waals surface area contributed by atoms with Gasteiger partial charge in [-0.3, -0.25) is 4.79 Å². The first kappa shape index (κ1) is 15.6. The van der Waals surface area contributed by atoms with Crippen LogP contribution >= 0.6 is 0 Å². The number of hydrogen-bond donors (Lipinski definition) is 2. The molecule has 4 atom stereocenters. The van der Waals surface area contributed by atoms with Crippen molar-refractivity contribution in [2.45, 2.75) is 51.4 Å². The number of carbonyl (C=O) groups is 2. The zero-order valence-corrected chi connectivity index (χ0v) is 13.4. The van der Waals surface area contributed by atoms with Crippen molar-refractivity contribution in [3.63, 3.8) is 0 Å². The Morgan fingerprint density at radius 1 is 1.05 bits per heavy atom. The van der Waals surface area contributed by atoms with Gasteiger partial charge >= 0.3 is 6.03 Å². The number of nitrogens with one attached hydrogen (secondary N) is 1. The van der Waals surface area contributed by atoms with E-state index >= 15 is 0 Å². The lowest BCUT2D eigenvalue weighted by molar-refractivity contribution is -0.127. The highest BCUT2D eigenvalue weighted by Crippen LogP contribution is 2.42. The molecule has 1 saturated heterocycles. The van der Waals surface area contributed by atoms with Gasteiger partial charge in [0, 0.05) is 25.6 Å². The average Bonchev–Trinajstić information content (AvgIpc) is 3.01. The summed E-state index contributed by atoms with van der Waals surface area (Å²) >= 11 is 0. The average molecular weight is 307 g/mol. The minimum Gasteiger partial charge on any atom is -0.356 e. The molecule has 0 radical (unpaired) electrons. The van der Waals surface area contributed by atoms with Crippen molar-refractivity contribution in [2.24, 2.45) is 29.4 Å². The van der Waals surface area contributed by atoms with E-state index < -0.39 is 0 Å². The number of nitrogens with two attached hydrogens (primary N) is 1. The Bertz CT molecular complexity index is 426. The van der Waals surface area contributed by atoms with Crippen molar-refractivity contribution in [3.05, 3.63) is 0 Å². The normalized spacial score (nSPS) is 35.0. The van der Waals surface area contributed by atoms with Gasteiger partial charge in [-0.15, -0.1) is 0 Å². The summed E-state index contributed by atoms with van der Waals surface area (Å²) in [5.74, 6) is 2.49. The predicted octanol–water partition coefficient (Wildman–Crippen LogP) is 2.11. The van der Waals surface area contributed by atoms with Crippen LogP contribution in [-0.2, 0) is 4.79 Å². The van der Waals surface area contributed by atoms with E-state index in [1.165, 1.54) is 32.1 Å². The monoisotopic (exact) mass is 307 g/mol. The highest BCUT2D eigenvalue weighted by Gasteiger charge is 2.35. The minimum absolute atomic E-state index is 0.216. The van der Waals surface area contributed by atoms with Gasteiger partial charge in [-0.25, -0.2) is 4.79 Å². The van der Waals surface area contributed by atoms with Crippen LogP contribution in [0.25, 0.3) is 0 Å². The van der Waals surface area contributed by atoms with Gasteiger partial charge in [0.15, 0.2) is 0 Å². The van der Waals surface area contributed by atoms with Crippen LogP contribution in [0.2, 0.25) is 0 Å². The van der Waals surface area contributed by atoms with Crippen LogP contribution in [0.4, 0.5) is 4.79 Å². The molecule has 3 rings (SSSR count). The van der Waals surface area contributed by atoms with Crippen molar-refractivity contribution in [1.82, 2.24) is 10.2 Å². The Morgan fingerprint density at radius 2 is 1.82 bits per heavy atom. The van der Waals surface area contributed by atoms with Gasteiger partial charge < -0.3 is 16.0 Å². The number of fused-ring (bicyclic) bond motifs is 1. The van der Waals surface area contributed by atoms with Gasteiger partial charge in [-0.2, -0.15) is 0 Å². The largest absolute Gasteiger partial charge is 0.356 e. The van der Waals surface area contributed by atoms with Crippen LogP contribution in [0.1, 0.15) is 51.4 Å². The van der Waals surface area contributed by atoms with Crippen LogP contribution in [0.15, 0.2) is 0 Å². The summed E-state index contributed by atoms with van der Waals surface area (Å²) < 4.78 is 0. The van der Waals surface area contributed by atoms with E-state index in [-0.39, 0.29) is 17.9 Å². The SMILES string of the molecule is NC(=O)N1CC[C@H](CNC(=O)[C@@H]2CC[C@H]3CCCC[C@@H]3C2)C1. The van der Waals surface area contributed by atoms with Crippen LogP contribution < -0.4 is 11.1 Å². The molecule has 2 aliphatic carbocycles. The third kappa shape index (κ3) is 3.55. The second-order valence-corrected chi connectivity index (χ2v) is 7.50. The molecule has 3 amide bonds. The molecule has 3 N–H and O–H groups in total. The molecular formula is C17H29N3O2. The van der Waals surface area contributed by atoms with Gasteiger partial charge in [0.25, 0.3) is 0 Å². The molecule has 124 valence electrons. The molecule has 0 unspecified atom stereocenters. The van der Waals surface area contributed by atoms with Crippen LogP contribution in [0.5, 0.6) is 0 Å². The second-order valence-electron chi connectivity index (χ2n) is 7.50. The van der Waals surface area contributed by atoms with Crippen molar-refractivity contribution < 1.29 is 9.59 Å². The molecule has 3 fully saturated rings. The number of nitrogens with zero attached hydrogens (tertiary/aromatic N) is 1. The molecule has 22 heavy (non-hydrogen) atoms. The molecule has 5 nitrogen and oxygen atoms in total. The maximum Gasteiger partial charge on any atom is 0.314 e. The quantitative estimate of drug-likeness (QED) is 0.838. The molecule has 3 aliphatic rings. The van der Waals surface area contributed by atoms with Crippen molar-refractivity contribution in [1.29, 1.82) is 0 Å². The maximum atomic E-state index is 12.4. The summed E-state index contributed by atoms with van der Waals surface area (Å²) in [6, 6.07) is -0.343. The number of primary amides is 1. The molecule has 0 aromatic rings. The number of urea groups is 1. The number of rotatable bonds is 3. The molecule has 0 spiro atoms. The lowest BCUT2D eigenvalue weighted by Gasteiger charge is -2.38. The van der Waals surface area contributed by atoms with E-state index in [9.17, 15) is 9.59 Å². The standard InChI is InChI=1S/C17H29N3O2/c18-17(22)20-8-7-12(11-20)10-19-16(21)15-6-5-13-3-1-2-4-14(13)9-15/h12-15H,1-11H2,(H2,18,22)(H,19,21)/t12-,13-,14-,15-/m1/s1. The third-order valence-electron chi connectivity index (χ3n) is 6.07. The number of hydrogen-bond acceptors (Lipinski definition) is 2. The predicted molar refractivity (Wildman–Crippen MR) is 85.1 cm³/mol. The van der Waals surface area contributed by atoms with E-state index in [0.29, 0.717) is 19.0 Å². The lowest BCUT2D eigenvalue weighted by Crippen LogP contribution is -2.40. The first-order valence-electron chi connectivity index (χ1n) is 8.95. The Kier molecular flexibility index (Phi) is 4.89. The van der Waals surface area contributed by atoms with E-state index in [2.05, 4.69) is 5.32 Å². The number of carbonyl (C=O) groups excluding carboxylic acids is 2. The van der Waals surface area contributed by atoms with Crippen LogP contribution in [0, 0.1) is 23.7 Å². The molecule has 2 saturated carbocycles. The Hall–Kier alpha value is -1.26. The number of amides is 3. The molecule has 0 bridgehead atoms. The number of likely N-dealkylation sites (tertiary alicyclic amines) is 1. The smallest absolute Gasteiger partial charge is 0.314 e. The van der Waals surface area contributed by atoms with Gasteiger partial charge in [-0.05, 0) is 43.4 Å². The highest BCUT2D eigenvalue weighted by atomic mass is 16.2. The zero-order chi connectivity index (χ0) is 15.5. The first-order valence-corrected chi connectivity index (χ1v) is 8.95. The Balaban J connectivity index is 1.42. The van der Waals surface area contributed by atoms with Gasteiger partial charge in [0.1, 0.15) is 0 Å².